The third-order valence-electron chi connectivity index (χ3n) is 6.74. The molecule has 3 fully saturated rings. The van der Waals surface area contributed by atoms with Gasteiger partial charge in [-0.1, -0.05) is 11.3 Å². The highest BCUT2D eigenvalue weighted by molar-refractivity contribution is 7.89. The van der Waals surface area contributed by atoms with Crippen LogP contribution in [0.3, 0.4) is 0 Å². The number of aromatic nitrogens is 4. The molecular formula is C21H25F2N7O4S2. The molecule has 0 unspecified atom stereocenters. The Labute approximate surface area is 210 Å². The number of halogens is 2. The summed E-state index contributed by atoms with van der Waals surface area (Å²) in [4.78, 5) is 9.01. The molecule has 3 aromatic rings. The van der Waals surface area contributed by atoms with Crippen LogP contribution in [-0.4, -0.2) is 90.7 Å². The topological polar surface area (TPSA) is 114 Å². The lowest BCUT2D eigenvalue weighted by Crippen LogP contribution is -2.59. The number of ether oxygens (including phenoxy) is 2. The first-order chi connectivity index (χ1) is 17.2. The summed E-state index contributed by atoms with van der Waals surface area (Å²) in [5, 5.41) is 7.32. The van der Waals surface area contributed by atoms with E-state index >= 15 is 0 Å². The zero-order valence-electron chi connectivity index (χ0n) is 19.4. The summed E-state index contributed by atoms with van der Waals surface area (Å²) in [5.74, 6) is 0. The van der Waals surface area contributed by atoms with Gasteiger partial charge in [0.1, 0.15) is 10.6 Å². The molecule has 0 radical (unpaired) electrons. The van der Waals surface area contributed by atoms with E-state index in [9.17, 15) is 17.2 Å². The number of nitrogens with one attached hydrogen (secondary N) is 1. The highest BCUT2D eigenvalue weighted by atomic mass is 32.2. The van der Waals surface area contributed by atoms with Gasteiger partial charge in [0.25, 0.3) is 6.43 Å². The molecule has 0 aromatic carbocycles. The van der Waals surface area contributed by atoms with Gasteiger partial charge in [-0.05, 0) is 19.4 Å². The van der Waals surface area contributed by atoms with Crippen LogP contribution < -0.4 is 9.62 Å². The van der Waals surface area contributed by atoms with Crippen molar-refractivity contribution in [2.75, 3.05) is 51.1 Å². The molecule has 1 atom stereocenters. The fourth-order valence-electron chi connectivity index (χ4n) is 4.82. The summed E-state index contributed by atoms with van der Waals surface area (Å²) in [6, 6.07) is 1.92. The number of sulfonamides is 1. The molecule has 0 saturated carbocycles. The third kappa shape index (κ3) is 4.26. The van der Waals surface area contributed by atoms with Crippen molar-refractivity contribution in [3.05, 3.63) is 23.5 Å². The van der Waals surface area contributed by atoms with Crippen molar-refractivity contribution < 1.29 is 26.7 Å². The standard InChI is InChI=1S/C21H25F2N7O4S2/c1-21(10-34-11-21)27-36(31,32)14-6-15(28-3-4-29-12-33-5-2-13(29)8-28)18-24-7-16(30(18)9-14)19-25-26-20(35-19)17(22)23/h6-7,9,13,17,27H,2-5,8,10-12H2,1H3/t13-/m0/s1. The van der Waals surface area contributed by atoms with Crippen molar-refractivity contribution in [2.45, 2.75) is 36.2 Å². The first-order valence-corrected chi connectivity index (χ1v) is 13.8. The van der Waals surface area contributed by atoms with Gasteiger partial charge in [0, 0.05) is 38.5 Å². The minimum atomic E-state index is -3.93. The molecule has 3 saturated heterocycles. The van der Waals surface area contributed by atoms with E-state index in [2.05, 4.69) is 29.7 Å². The van der Waals surface area contributed by atoms with E-state index in [1.807, 2.05) is 0 Å². The molecular weight excluding hydrogens is 516 g/mol. The maximum absolute atomic E-state index is 13.4. The fraction of sp³-hybridized carbons (Fsp3) is 0.571. The van der Waals surface area contributed by atoms with E-state index in [-0.39, 0.29) is 29.2 Å². The van der Waals surface area contributed by atoms with Gasteiger partial charge in [-0.15, -0.1) is 10.2 Å². The second-order valence-electron chi connectivity index (χ2n) is 9.54. The minimum Gasteiger partial charge on any atom is -0.377 e. The van der Waals surface area contributed by atoms with E-state index < -0.39 is 27.0 Å². The SMILES string of the molecule is CC1(NS(=O)(=O)c2cc(N3CCN4COCC[C@H]4C3)c3ncc(-c4nnc(C(F)F)s4)n3c2)COC1. The third-order valence-corrected chi connectivity index (χ3v) is 9.30. The van der Waals surface area contributed by atoms with Gasteiger partial charge in [-0.3, -0.25) is 9.30 Å². The smallest absolute Gasteiger partial charge is 0.291 e. The molecule has 1 N–H and O–H groups in total. The molecule has 3 aromatic heterocycles. The Hall–Kier alpha value is -2.30. The predicted molar refractivity (Wildman–Crippen MR) is 127 cm³/mol. The summed E-state index contributed by atoms with van der Waals surface area (Å²) >= 11 is 0.757. The van der Waals surface area contributed by atoms with Crippen molar-refractivity contribution in [1.29, 1.82) is 0 Å². The zero-order valence-corrected chi connectivity index (χ0v) is 21.1. The van der Waals surface area contributed by atoms with Crippen LogP contribution in [0.5, 0.6) is 0 Å². The average molecular weight is 542 g/mol. The number of hydrogen-bond donors (Lipinski definition) is 1. The van der Waals surface area contributed by atoms with Crippen molar-refractivity contribution in [2.24, 2.45) is 0 Å². The molecule has 0 amide bonds. The largest absolute Gasteiger partial charge is 0.377 e. The monoisotopic (exact) mass is 541 g/mol. The summed E-state index contributed by atoms with van der Waals surface area (Å²) in [6.07, 6.45) is 1.11. The molecule has 3 aliphatic rings. The average Bonchev–Trinajstić information content (AvgIpc) is 3.49. The van der Waals surface area contributed by atoms with E-state index in [4.69, 9.17) is 9.47 Å². The van der Waals surface area contributed by atoms with Gasteiger partial charge in [-0.25, -0.2) is 26.9 Å². The minimum absolute atomic E-state index is 0.0466. The van der Waals surface area contributed by atoms with E-state index in [0.29, 0.717) is 43.5 Å². The van der Waals surface area contributed by atoms with Crippen LogP contribution in [0.4, 0.5) is 14.5 Å². The molecule has 3 aliphatic heterocycles. The van der Waals surface area contributed by atoms with Crippen LogP contribution in [-0.2, 0) is 19.5 Å². The number of imidazole rings is 1. The van der Waals surface area contributed by atoms with Crippen LogP contribution in [0.15, 0.2) is 23.4 Å². The lowest BCUT2D eigenvalue weighted by atomic mass is 10.0. The summed E-state index contributed by atoms with van der Waals surface area (Å²) in [6.45, 7) is 5.74. The Bertz CT molecular complexity index is 1390. The Kier molecular flexibility index (Phi) is 5.96. The summed E-state index contributed by atoms with van der Waals surface area (Å²) < 4.78 is 68.3. The van der Waals surface area contributed by atoms with Crippen LogP contribution in [0.2, 0.25) is 0 Å². The van der Waals surface area contributed by atoms with E-state index in [1.54, 1.807) is 17.4 Å². The van der Waals surface area contributed by atoms with E-state index in [1.165, 1.54) is 12.4 Å². The molecule has 6 rings (SSSR count). The van der Waals surface area contributed by atoms with Gasteiger partial charge in [-0.2, -0.15) is 0 Å². The number of rotatable bonds is 6. The van der Waals surface area contributed by atoms with E-state index in [0.717, 1.165) is 24.3 Å². The summed E-state index contributed by atoms with van der Waals surface area (Å²) in [7, 11) is -3.93. The maximum Gasteiger partial charge on any atom is 0.291 e. The van der Waals surface area contributed by atoms with Crippen molar-refractivity contribution in [1.82, 2.24) is 29.2 Å². The Morgan fingerprint density at radius 1 is 1.25 bits per heavy atom. The Morgan fingerprint density at radius 3 is 2.81 bits per heavy atom. The zero-order chi connectivity index (χ0) is 25.1. The van der Waals surface area contributed by atoms with Gasteiger partial charge < -0.3 is 14.4 Å². The fourth-order valence-corrected chi connectivity index (χ4v) is 6.92. The lowest BCUT2D eigenvalue weighted by molar-refractivity contribution is -0.0523. The van der Waals surface area contributed by atoms with Gasteiger partial charge >= 0.3 is 0 Å². The van der Waals surface area contributed by atoms with Crippen LogP contribution in [0.1, 0.15) is 24.8 Å². The number of pyridine rings is 1. The maximum atomic E-state index is 13.4. The number of alkyl halides is 2. The Balaban J connectivity index is 1.45. The first-order valence-electron chi connectivity index (χ1n) is 11.5. The van der Waals surface area contributed by atoms with Crippen molar-refractivity contribution >= 4 is 32.7 Å². The molecule has 0 bridgehead atoms. The number of nitrogens with zero attached hydrogens (tertiary/aromatic N) is 6. The van der Waals surface area contributed by atoms with Gasteiger partial charge in [0.2, 0.25) is 10.0 Å². The lowest BCUT2D eigenvalue weighted by Gasteiger charge is -2.44. The molecule has 194 valence electrons. The number of anilines is 1. The van der Waals surface area contributed by atoms with Crippen LogP contribution >= 0.6 is 11.3 Å². The Morgan fingerprint density at radius 2 is 2.08 bits per heavy atom. The van der Waals surface area contributed by atoms with Gasteiger partial charge in [0.15, 0.2) is 15.7 Å². The highest BCUT2D eigenvalue weighted by Crippen LogP contribution is 2.34. The molecule has 15 heteroatoms. The molecule has 6 heterocycles. The number of hydrogen-bond acceptors (Lipinski definition) is 10. The van der Waals surface area contributed by atoms with Crippen molar-refractivity contribution in [3.8, 4) is 10.7 Å². The molecule has 0 spiro atoms. The quantitative estimate of drug-likeness (QED) is 0.498. The molecule has 11 nitrogen and oxygen atoms in total. The molecule has 0 aliphatic carbocycles. The first kappa shape index (κ1) is 24.1. The van der Waals surface area contributed by atoms with Crippen LogP contribution in [0.25, 0.3) is 16.3 Å². The second-order valence-corrected chi connectivity index (χ2v) is 12.2. The van der Waals surface area contributed by atoms with Crippen molar-refractivity contribution in [3.63, 3.8) is 0 Å². The van der Waals surface area contributed by atoms with Crippen LogP contribution in [0, 0.1) is 0 Å². The summed E-state index contributed by atoms with van der Waals surface area (Å²) in [5.41, 5.74) is 0.890. The second kappa shape index (κ2) is 8.92. The normalized spacial score (nSPS) is 22.7. The highest BCUT2D eigenvalue weighted by Gasteiger charge is 2.39. The molecule has 36 heavy (non-hydrogen) atoms. The predicted octanol–water partition coefficient (Wildman–Crippen LogP) is 1.73. The number of piperazine rings is 1. The van der Waals surface area contributed by atoms with Gasteiger partial charge in [0.05, 0.1) is 37.4 Å². The number of fused-ring (bicyclic) bond motifs is 2.